The predicted octanol–water partition coefficient (Wildman–Crippen LogP) is -1.03. The van der Waals surface area contributed by atoms with Crippen molar-refractivity contribution in [1.82, 2.24) is 0 Å². The van der Waals surface area contributed by atoms with Crippen molar-refractivity contribution >= 4 is 15.8 Å². The quantitative estimate of drug-likeness (QED) is 0.526. The summed E-state index contributed by atoms with van der Waals surface area (Å²) in [7, 11) is -2.28. The molecule has 1 aliphatic heterocycles. The van der Waals surface area contributed by atoms with Crippen molar-refractivity contribution in [3.8, 4) is 0 Å². The van der Waals surface area contributed by atoms with Gasteiger partial charge in [0, 0.05) is 6.26 Å². The molecule has 0 unspecified atom stereocenters. The Morgan fingerprint density at radius 1 is 1.50 bits per heavy atom. The molecule has 1 heterocycles. The van der Waals surface area contributed by atoms with Crippen molar-refractivity contribution in [3.63, 3.8) is 0 Å². The van der Waals surface area contributed by atoms with Gasteiger partial charge in [-0.25, -0.2) is 8.42 Å². The van der Waals surface area contributed by atoms with Crippen LogP contribution in [0.4, 0.5) is 0 Å². The molecule has 0 aromatic rings. The van der Waals surface area contributed by atoms with E-state index in [4.69, 9.17) is 4.74 Å². The maximum Gasteiger partial charge on any atom is 0.332 e. The normalized spacial score (nSPS) is 21.2. The molecule has 1 aliphatic rings. The van der Waals surface area contributed by atoms with Crippen LogP contribution in [-0.2, 0) is 24.1 Å². The lowest BCUT2D eigenvalue weighted by Gasteiger charge is -2.36. The summed E-state index contributed by atoms with van der Waals surface area (Å²) in [5.74, 6) is -0.740. The lowest BCUT2D eigenvalue weighted by molar-refractivity contribution is -0.155. The second kappa shape index (κ2) is 2.70. The summed E-state index contributed by atoms with van der Waals surface area (Å²) >= 11 is 0. The number of methoxy groups -OCH3 is 1. The first kappa shape index (κ1) is 9.47. The summed E-state index contributed by atoms with van der Waals surface area (Å²) < 4.78 is 30.0. The Labute approximate surface area is 70.6 Å². The molecular weight excluding hydrogens is 184 g/mol. The van der Waals surface area contributed by atoms with Gasteiger partial charge in [-0.3, -0.25) is 4.79 Å². The van der Waals surface area contributed by atoms with Crippen LogP contribution in [0.3, 0.4) is 0 Å². The SMILES string of the molecule is COC(=O)C1(S(C)(=O)=O)COC1. The third kappa shape index (κ3) is 1.11. The maximum absolute atomic E-state index is 11.2. The molecule has 70 valence electrons. The first-order valence-corrected chi connectivity index (χ1v) is 5.19. The number of sulfone groups is 1. The van der Waals surface area contributed by atoms with Crippen LogP contribution in [0, 0.1) is 0 Å². The standard InChI is InChI=1S/C6H10O5S/c1-10-5(7)6(3-11-4-6)12(2,8)9/h3-4H2,1-2H3. The highest BCUT2D eigenvalue weighted by molar-refractivity contribution is 7.93. The highest BCUT2D eigenvalue weighted by Gasteiger charge is 2.56. The summed E-state index contributed by atoms with van der Waals surface area (Å²) in [6.07, 6.45) is 1.01. The van der Waals surface area contributed by atoms with Crippen LogP contribution in [0.15, 0.2) is 0 Å². The second-order valence-corrected chi connectivity index (χ2v) is 5.08. The van der Waals surface area contributed by atoms with E-state index in [1.54, 1.807) is 0 Å². The highest BCUT2D eigenvalue weighted by Crippen LogP contribution is 2.27. The van der Waals surface area contributed by atoms with E-state index < -0.39 is 20.6 Å². The Morgan fingerprint density at radius 2 is 2.00 bits per heavy atom. The van der Waals surface area contributed by atoms with Crippen molar-refractivity contribution in [2.24, 2.45) is 0 Å². The first-order chi connectivity index (χ1) is 5.44. The predicted molar refractivity (Wildman–Crippen MR) is 40.4 cm³/mol. The van der Waals surface area contributed by atoms with Crippen molar-refractivity contribution in [2.75, 3.05) is 26.6 Å². The number of ether oxygens (including phenoxy) is 2. The molecule has 0 aromatic heterocycles. The van der Waals surface area contributed by atoms with Gasteiger partial charge in [-0.2, -0.15) is 0 Å². The van der Waals surface area contributed by atoms with Crippen molar-refractivity contribution in [2.45, 2.75) is 4.75 Å². The monoisotopic (exact) mass is 194 g/mol. The van der Waals surface area contributed by atoms with Crippen LogP contribution in [0.25, 0.3) is 0 Å². The fourth-order valence-corrected chi connectivity index (χ4v) is 1.94. The second-order valence-electron chi connectivity index (χ2n) is 2.75. The van der Waals surface area contributed by atoms with Gasteiger partial charge in [0.1, 0.15) is 0 Å². The van der Waals surface area contributed by atoms with E-state index in [1.807, 2.05) is 0 Å². The van der Waals surface area contributed by atoms with E-state index in [2.05, 4.69) is 4.74 Å². The molecule has 1 fully saturated rings. The Hall–Kier alpha value is -0.620. The van der Waals surface area contributed by atoms with Gasteiger partial charge >= 0.3 is 5.97 Å². The lowest BCUT2D eigenvalue weighted by Crippen LogP contribution is -2.61. The summed E-state index contributed by atoms with van der Waals surface area (Å²) in [5, 5.41) is 0. The van der Waals surface area contributed by atoms with Crippen LogP contribution in [0.1, 0.15) is 0 Å². The third-order valence-corrected chi connectivity index (χ3v) is 3.76. The first-order valence-electron chi connectivity index (χ1n) is 3.30. The van der Waals surface area contributed by atoms with Gasteiger partial charge in [0.05, 0.1) is 20.3 Å². The van der Waals surface area contributed by atoms with Gasteiger partial charge < -0.3 is 9.47 Å². The van der Waals surface area contributed by atoms with Crippen LogP contribution >= 0.6 is 0 Å². The molecule has 0 saturated carbocycles. The van der Waals surface area contributed by atoms with E-state index in [0.717, 1.165) is 13.4 Å². The third-order valence-electron chi connectivity index (χ3n) is 1.94. The average molecular weight is 194 g/mol. The highest BCUT2D eigenvalue weighted by atomic mass is 32.2. The molecule has 0 spiro atoms. The van der Waals surface area contributed by atoms with Crippen molar-refractivity contribution in [1.29, 1.82) is 0 Å². The number of rotatable bonds is 2. The molecule has 0 atom stereocenters. The van der Waals surface area contributed by atoms with E-state index in [1.165, 1.54) is 0 Å². The zero-order chi connectivity index (χ0) is 9.41. The molecule has 6 heteroatoms. The Balaban J connectivity index is 3.00. The largest absolute Gasteiger partial charge is 0.468 e. The summed E-state index contributed by atoms with van der Waals surface area (Å²) in [6, 6.07) is 0. The van der Waals surface area contributed by atoms with Crippen LogP contribution in [0.5, 0.6) is 0 Å². The molecular formula is C6H10O5S. The summed E-state index contributed by atoms with van der Waals surface area (Å²) in [4.78, 5) is 11.1. The van der Waals surface area contributed by atoms with Gasteiger partial charge in [-0.05, 0) is 0 Å². The minimum atomic E-state index is -3.44. The minimum absolute atomic E-state index is 0.0987. The molecule has 5 nitrogen and oxygen atoms in total. The minimum Gasteiger partial charge on any atom is -0.468 e. The van der Waals surface area contributed by atoms with Crippen molar-refractivity contribution < 1.29 is 22.7 Å². The number of hydrogen-bond acceptors (Lipinski definition) is 5. The van der Waals surface area contributed by atoms with Gasteiger partial charge in [0.2, 0.25) is 4.75 Å². The molecule has 0 bridgehead atoms. The van der Waals surface area contributed by atoms with Gasteiger partial charge in [0.15, 0.2) is 9.84 Å². The molecule has 0 aromatic carbocycles. The Morgan fingerprint density at radius 3 is 2.08 bits per heavy atom. The lowest BCUT2D eigenvalue weighted by atomic mass is 10.1. The number of esters is 1. The molecule has 1 saturated heterocycles. The van der Waals surface area contributed by atoms with Gasteiger partial charge in [0.25, 0.3) is 0 Å². The van der Waals surface area contributed by atoms with Crippen LogP contribution < -0.4 is 0 Å². The van der Waals surface area contributed by atoms with Gasteiger partial charge in [-0.15, -0.1) is 0 Å². The fraction of sp³-hybridized carbons (Fsp3) is 0.833. The smallest absolute Gasteiger partial charge is 0.332 e. The van der Waals surface area contributed by atoms with Gasteiger partial charge in [-0.1, -0.05) is 0 Å². The zero-order valence-electron chi connectivity index (χ0n) is 6.86. The summed E-state index contributed by atoms with van der Waals surface area (Å²) in [5.41, 5.74) is 0. The van der Waals surface area contributed by atoms with E-state index in [-0.39, 0.29) is 13.2 Å². The van der Waals surface area contributed by atoms with Crippen molar-refractivity contribution in [3.05, 3.63) is 0 Å². The average Bonchev–Trinajstić information content (AvgIpc) is 1.81. The molecule has 0 radical (unpaired) electrons. The van der Waals surface area contributed by atoms with Crippen LogP contribution in [0.2, 0.25) is 0 Å². The van der Waals surface area contributed by atoms with Crippen LogP contribution in [-0.4, -0.2) is 45.7 Å². The zero-order valence-corrected chi connectivity index (χ0v) is 7.68. The van der Waals surface area contributed by atoms with E-state index >= 15 is 0 Å². The van der Waals surface area contributed by atoms with E-state index in [0.29, 0.717) is 0 Å². The molecule has 1 rings (SSSR count). The molecule has 12 heavy (non-hydrogen) atoms. The Bertz CT molecular complexity index is 287. The number of carbonyl (C=O) groups excluding carboxylic acids is 1. The number of hydrogen-bond donors (Lipinski definition) is 0. The number of carbonyl (C=O) groups is 1. The molecule has 0 amide bonds. The fourth-order valence-electron chi connectivity index (χ4n) is 0.957. The topological polar surface area (TPSA) is 69.7 Å². The summed E-state index contributed by atoms with van der Waals surface area (Å²) in [6.45, 7) is -0.197. The maximum atomic E-state index is 11.2. The molecule has 0 N–H and O–H groups in total. The molecule has 0 aliphatic carbocycles. The Kier molecular flexibility index (Phi) is 2.13. The van der Waals surface area contributed by atoms with E-state index in [9.17, 15) is 13.2 Å².